The lowest BCUT2D eigenvalue weighted by atomic mass is 10.1. The first-order chi connectivity index (χ1) is 11.9. The van der Waals surface area contributed by atoms with E-state index in [9.17, 15) is 9.59 Å². The molecular formula is C18H15Cl3N2O2. The molecule has 4 nitrogen and oxygen atoms in total. The molecule has 1 heterocycles. The Morgan fingerprint density at radius 1 is 1.12 bits per heavy atom. The second-order valence-corrected chi connectivity index (χ2v) is 7.09. The summed E-state index contributed by atoms with van der Waals surface area (Å²) in [5.74, 6) is -0.333. The number of carbonyl (C=O) groups excluding carboxylic acids is 2. The van der Waals surface area contributed by atoms with Crippen LogP contribution in [0.3, 0.4) is 0 Å². The Labute approximate surface area is 160 Å². The average Bonchev–Trinajstić information content (AvgIpc) is 2.89. The number of anilines is 1. The van der Waals surface area contributed by atoms with Crippen molar-refractivity contribution in [3.63, 3.8) is 0 Å². The van der Waals surface area contributed by atoms with Crippen molar-refractivity contribution < 1.29 is 9.59 Å². The number of nitrogens with one attached hydrogen (secondary N) is 1. The van der Waals surface area contributed by atoms with E-state index >= 15 is 0 Å². The standard InChI is InChI=1S/C18H15Cl3N2O2/c19-12-7-13(20)9-14(8-12)22-18(25)16-5-6-17(24)23(16)10-11-3-1-2-4-15(11)21/h1-4,7-9,16H,5-6,10H2,(H,22,25)/t16-/m1/s1. The molecule has 0 radical (unpaired) electrons. The van der Waals surface area contributed by atoms with E-state index < -0.39 is 6.04 Å². The molecule has 0 saturated carbocycles. The lowest BCUT2D eigenvalue weighted by Gasteiger charge is -2.24. The first kappa shape index (κ1) is 18.1. The molecule has 1 saturated heterocycles. The van der Waals surface area contributed by atoms with Crippen LogP contribution in [-0.2, 0) is 16.1 Å². The second-order valence-electron chi connectivity index (χ2n) is 5.81. The van der Waals surface area contributed by atoms with Crippen molar-refractivity contribution in [1.29, 1.82) is 0 Å². The van der Waals surface area contributed by atoms with Crippen molar-refractivity contribution in [3.05, 3.63) is 63.1 Å². The average molecular weight is 398 g/mol. The van der Waals surface area contributed by atoms with Crippen LogP contribution >= 0.6 is 34.8 Å². The third-order valence-corrected chi connectivity index (χ3v) is 4.86. The largest absolute Gasteiger partial charge is 0.326 e. The summed E-state index contributed by atoms with van der Waals surface area (Å²) in [5, 5.41) is 4.21. The number of benzene rings is 2. The number of likely N-dealkylation sites (tertiary alicyclic amines) is 1. The van der Waals surface area contributed by atoms with Crippen molar-refractivity contribution in [3.8, 4) is 0 Å². The molecule has 0 aliphatic carbocycles. The fourth-order valence-electron chi connectivity index (χ4n) is 2.87. The van der Waals surface area contributed by atoms with Crippen molar-refractivity contribution in [2.75, 3.05) is 5.32 Å². The maximum Gasteiger partial charge on any atom is 0.247 e. The van der Waals surface area contributed by atoms with Crippen LogP contribution < -0.4 is 5.32 Å². The summed E-state index contributed by atoms with van der Waals surface area (Å²) >= 11 is 18.1. The van der Waals surface area contributed by atoms with Gasteiger partial charge in [-0.05, 0) is 36.2 Å². The van der Waals surface area contributed by atoms with Crippen molar-refractivity contribution >= 4 is 52.3 Å². The highest BCUT2D eigenvalue weighted by Gasteiger charge is 2.36. The molecule has 0 aromatic heterocycles. The first-order valence-electron chi connectivity index (χ1n) is 7.74. The van der Waals surface area contributed by atoms with Gasteiger partial charge in [0.15, 0.2) is 0 Å². The molecular weight excluding hydrogens is 383 g/mol. The topological polar surface area (TPSA) is 49.4 Å². The van der Waals surface area contributed by atoms with E-state index in [4.69, 9.17) is 34.8 Å². The number of halogens is 3. The van der Waals surface area contributed by atoms with E-state index in [1.807, 2.05) is 18.2 Å². The molecule has 2 aromatic rings. The minimum Gasteiger partial charge on any atom is -0.326 e. The van der Waals surface area contributed by atoms with E-state index in [-0.39, 0.29) is 11.8 Å². The maximum atomic E-state index is 12.6. The Balaban J connectivity index is 1.76. The molecule has 1 fully saturated rings. The molecule has 1 N–H and O–H groups in total. The number of hydrogen-bond donors (Lipinski definition) is 1. The predicted octanol–water partition coefficient (Wildman–Crippen LogP) is 4.78. The number of amides is 2. The third kappa shape index (κ3) is 4.27. The van der Waals surface area contributed by atoms with Gasteiger partial charge in [-0.25, -0.2) is 0 Å². The molecule has 2 aromatic carbocycles. The van der Waals surface area contributed by atoms with Gasteiger partial charge in [0.25, 0.3) is 0 Å². The summed E-state index contributed by atoms with van der Waals surface area (Å²) in [4.78, 5) is 26.4. The molecule has 0 unspecified atom stereocenters. The molecule has 1 aliphatic heterocycles. The van der Waals surface area contributed by atoms with E-state index in [2.05, 4.69) is 5.32 Å². The second kappa shape index (κ2) is 7.65. The van der Waals surface area contributed by atoms with Crippen LogP contribution in [0.15, 0.2) is 42.5 Å². The van der Waals surface area contributed by atoms with Crippen LogP contribution in [0.1, 0.15) is 18.4 Å². The summed E-state index contributed by atoms with van der Waals surface area (Å²) in [6.45, 7) is 0.299. The summed E-state index contributed by atoms with van der Waals surface area (Å²) in [7, 11) is 0. The van der Waals surface area contributed by atoms with Crippen LogP contribution in [0.4, 0.5) is 5.69 Å². The number of nitrogens with zero attached hydrogens (tertiary/aromatic N) is 1. The maximum absolute atomic E-state index is 12.6. The van der Waals surface area contributed by atoms with Crippen molar-refractivity contribution in [2.45, 2.75) is 25.4 Å². The van der Waals surface area contributed by atoms with Crippen molar-refractivity contribution in [2.24, 2.45) is 0 Å². The minimum atomic E-state index is -0.554. The Hall–Kier alpha value is -1.75. The third-order valence-electron chi connectivity index (χ3n) is 4.06. The number of carbonyl (C=O) groups is 2. The molecule has 25 heavy (non-hydrogen) atoms. The molecule has 0 bridgehead atoms. The zero-order chi connectivity index (χ0) is 18.0. The van der Waals surface area contributed by atoms with Gasteiger partial charge in [0, 0.05) is 33.7 Å². The lowest BCUT2D eigenvalue weighted by molar-refractivity contribution is -0.133. The Bertz CT molecular complexity index is 805. The van der Waals surface area contributed by atoms with Gasteiger partial charge in [-0.15, -0.1) is 0 Å². The predicted molar refractivity (Wildman–Crippen MR) is 100 cm³/mol. The quantitative estimate of drug-likeness (QED) is 0.807. The monoisotopic (exact) mass is 396 g/mol. The van der Waals surface area contributed by atoms with E-state index in [1.165, 1.54) is 0 Å². The first-order valence-corrected chi connectivity index (χ1v) is 8.87. The van der Waals surface area contributed by atoms with E-state index in [1.54, 1.807) is 29.2 Å². The molecule has 130 valence electrons. The SMILES string of the molecule is O=C(Nc1cc(Cl)cc(Cl)c1)[C@H]1CCC(=O)N1Cc1ccccc1Cl. The van der Waals surface area contributed by atoms with Crippen LogP contribution in [0, 0.1) is 0 Å². The van der Waals surface area contributed by atoms with Crippen LogP contribution in [0.2, 0.25) is 15.1 Å². The molecule has 1 atom stereocenters. The van der Waals surface area contributed by atoms with Gasteiger partial charge < -0.3 is 10.2 Å². The van der Waals surface area contributed by atoms with Gasteiger partial charge in [0.2, 0.25) is 11.8 Å². The Morgan fingerprint density at radius 3 is 2.48 bits per heavy atom. The molecule has 1 aliphatic rings. The highest BCUT2D eigenvalue weighted by molar-refractivity contribution is 6.35. The summed E-state index contributed by atoms with van der Waals surface area (Å²) in [6, 6.07) is 11.5. The highest BCUT2D eigenvalue weighted by Crippen LogP contribution is 2.27. The zero-order valence-corrected chi connectivity index (χ0v) is 15.4. The van der Waals surface area contributed by atoms with Crippen molar-refractivity contribution in [1.82, 2.24) is 4.90 Å². The van der Waals surface area contributed by atoms with Crippen LogP contribution in [0.25, 0.3) is 0 Å². The number of hydrogen-bond acceptors (Lipinski definition) is 2. The van der Waals surface area contributed by atoms with Gasteiger partial charge in [-0.1, -0.05) is 53.0 Å². The van der Waals surface area contributed by atoms with Crippen LogP contribution in [-0.4, -0.2) is 22.8 Å². The normalized spacial score (nSPS) is 17.0. The van der Waals surface area contributed by atoms with Gasteiger partial charge in [0.1, 0.15) is 6.04 Å². The zero-order valence-electron chi connectivity index (χ0n) is 13.1. The van der Waals surface area contributed by atoms with Gasteiger partial charge in [-0.2, -0.15) is 0 Å². The Kier molecular flexibility index (Phi) is 5.52. The number of rotatable bonds is 4. The fraction of sp³-hybridized carbons (Fsp3) is 0.222. The van der Waals surface area contributed by atoms with E-state index in [0.29, 0.717) is 40.1 Å². The summed E-state index contributed by atoms with van der Waals surface area (Å²) < 4.78 is 0. The molecule has 2 amide bonds. The Morgan fingerprint density at radius 2 is 1.80 bits per heavy atom. The minimum absolute atomic E-state index is 0.0656. The lowest BCUT2D eigenvalue weighted by Crippen LogP contribution is -2.41. The molecule has 0 spiro atoms. The van der Waals surface area contributed by atoms with Gasteiger partial charge in [0.05, 0.1) is 0 Å². The van der Waals surface area contributed by atoms with Gasteiger partial charge in [-0.3, -0.25) is 9.59 Å². The summed E-state index contributed by atoms with van der Waals surface area (Å²) in [5.41, 5.74) is 1.31. The molecule has 3 rings (SSSR count). The van der Waals surface area contributed by atoms with Gasteiger partial charge >= 0.3 is 0 Å². The van der Waals surface area contributed by atoms with Crippen LogP contribution in [0.5, 0.6) is 0 Å². The van der Waals surface area contributed by atoms with E-state index in [0.717, 1.165) is 5.56 Å². The smallest absolute Gasteiger partial charge is 0.247 e. The molecule has 7 heteroatoms. The highest BCUT2D eigenvalue weighted by atomic mass is 35.5. The summed E-state index contributed by atoms with van der Waals surface area (Å²) in [6.07, 6.45) is 0.794. The fourth-order valence-corrected chi connectivity index (χ4v) is 3.59.